The maximum absolute atomic E-state index is 12.9. The van der Waals surface area contributed by atoms with Crippen molar-refractivity contribution in [1.29, 1.82) is 0 Å². The molecule has 0 radical (unpaired) electrons. The Morgan fingerprint density at radius 1 is 1.06 bits per heavy atom. The van der Waals surface area contributed by atoms with E-state index in [9.17, 15) is 9.59 Å². The quantitative estimate of drug-likeness (QED) is 0.632. The molecular weight excluding hydrogens is 402 g/mol. The van der Waals surface area contributed by atoms with Gasteiger partial charge in [-0.3, -0.25) is 14.5 Å². The van der Waals surface area contributed by atoms with E-state index in [2.05, 4.69) is 46.7 Å². The van der Waals surface area contributed by atoms with Crippen molar-refractivity contribution in [2.75, 3.05) is 19.7 Å². The van der Waals surface area contributed by atoms with Crippen LogP contribution in [0, 0.1) is 12.8 Å². The standard InChI is InChI=1S/C26H35N3O3/c1-19(2)25(28-24(30)18-32-23-10-5-4-6-11-23)26(31)27-22-12-14-29(15-13-22)17-21-9-7-8-20(3)16-21/h4-11,16,19,22,25H,12-15,17-18H2,1-3H3,(H,27,31)(H,28,30). The van der Waals surface area contributed by atoms with Gasteiger partial charge in [-0.15, -0.1) is 0 Å². The predicted molar refractivity (Wildman–Crippen MR) is 126 cm³/mol. The van der Waals surface area contributed by atoms with Gasteiger partial charge in [0.2, 0.25) is 5.91 Å². The molecule has 0 aliphatic carbocycles. The lowest BCUT2D eigenvalue weighted by molar-refractivity contribution is -0.131. The lowest BCUT2D eigenvalue weighted by atomic mass is 10.00. The van der Waals surface area contributed by atoms with Crippen LogP contribution in [0.3, 0.4) is 0 Å². The van der Waals surface area contributed by atoms with Crippen molar-refractivity contribution in [2.24, 2.45) is 5.92 Å². The maximum Gasteiger partial charge on any atom is 0.258 e. The summed E-state index contributed by atoms with van der Waals surface area (Å²) < 4.78 is 5.50. The zero-order valence-corrected chi connectivity index (χ0v) is 19.3. The summed E-state index contributed by atoms with van der Waals surface area (Å²) in [6.45, 7) is 8.71. The minimum Gasteiger partial charge on any atom is -0.484 e. The van der Waals surface area contributed by atoms with Crippen LogP contribution in [0.2, 0.25) is 0 Å². The molecule has 1 saturated heterocycles. The Morgan fingerprint density at radius 2 is 1.78 bits per heavy atom. The molecule has 0 aromatic heterocycles. The Morgan fingerprint density at radius 3 is 2.44 bits per heavy atom. The van der Waals surface area contributed by atoms with E-state index in [1.165, 1.54) is 11.1 Å². The number of hydrogen-bond acceptors (Lipinski definition) is 4. The number of nitrogens with zero attached hydrogens (tertiary/aromatic N) is 1. The molecule has 1 heterocycles. The van der Waals surface area contributed by atoms with E-state index < -0.39 is 6.04 Å². The van der Waals surface area contributed by atoms with Crippen LogP contribution in [-0.4, -0.2) is 48.5 Å². The van der Waals surface area contributed by atoms with Crippen molar-refractivity contribution in [3.8, 4) is 5.75 Å². The van der Waals surface area contributed by atoms with E-state index in [0.717, 1.165) is 32.5 Å². The van der Waals surface area contributed by atoms with Crippen molar-refractivity contribution in [2.45, 2.75) is 52.2 Å². The van der Waals surface area contributed by atoms with Gasteiger partial charge in [0.25, 0.3) is 5.91 Å². The number of rotatable bonds is 9. The summed E-state index contributed by atoms with van der Waals surface area (Å²) in [7, 11) is 0. The zero-order chi connectivity index (χ0) is 22.9. The molecule has 3 rings (SSSR count). The van der Waals surface area contributed by atoms with Crippen LogP contribution in [0.4, 0.5) is 0 Å². The summed E-state index contributed by atoms with van der Waals surface area (Å²) >= 11 is 0. The van der Waals surface area contributed by atoms with Crippen LogP contribution in [0.1, 0.15) is 37.8 Å². The number of piperidine rings is 1. The molecular formula is C26H35N3O3. The molecule has 6 nitrogen and oxygen atoms in total. The summed E-state index contributed by atoms with van der Waals surface area (Å²) in [5.74, 6) is 0.198. The van der Waals surface area contributed by atoms with E-state index in [4.69, 9.17) is 4.74 Å². The molecule has 2 aromatic rings. The van der Waals surface area contributed by atoms with Crippen LogP contribution >= 0.6 is 0 Å². The first kappa shape index (κ1) is 23.8. The van der Waals surface area contributed by atoms with E-state index in [-0.39, 0.29) is 30.4 Å². The van der Waals surface area contributed by atoms with Gasteiger partial charge in [-0.2, -0.15) is 0 Å². The van der Waals surface area contributed by atoms with E-state index in [0.29, 0.717) is 5.75 Å². The number of amides is 2. The highest BCUT2D eigenvalue weighted by molar-refractivity contribution is 5.88. The monoisotopic (exact) mass is 437 g/mol. The Balaban J connectivity index is 1.44. The normalized spacial score (nSPS) is 15.9. The van der Waals surface area contributed by atoms with Crippen LogP contribution < -0.4 is 15.4 Å². The Labute approximate surface area is 191 Å². The van der Waals surface area contributed by atoms with Crippen molar-refractivity contribution in [3.05, 3.63) is 65.7 Å². The fourth-order valence-corrected chi connectivity index (χ4v) is 4.01. The van der Waals surface area contributed by atoms with E-state index >= 15 is 0 Å². The van der Waals surface area contributed by atoms with Gasteiger partial charge in [0.15, 0.2) is 6.61 Å². The lowest BCUT2D eigenvalue weighted by Crippen LogP contribution is -2.54. The number of carbonyl (C=O) groups excluding carboxylic acids is 2. The number of nitrogens with one attached hydrogen (secondary N) is 2. The Hall–Kier alpha value is -2.86. The second kappa shape index (κ2) is 11.7. The first-order chi connectivity index (χ1) is 15.4. The Kier molecular flexibility index (Phi) is 8.68. The number of hydrogen-bond donors (Lipinski definition) is 2. The van der Waals surface area contributed by atoms with Gasteiger partial charge >= 0.3 is 0 Å². The number of para-hydroxylation sites is 1. The van der Waals surface area contributed by atoms with E-state index in [1.807, 2.05) is 32.0 Å². The lowest BCUT2D eigenvalue weighted by Gasteiger charge is -2.33. The average molecular weight is 438 g/mol. The summed E-state index contributed by atoms with van der Waals surface area (Å²) in [5.41, 5.74) is 2.60. The summed E-state index contributed by atoms with van der Waals surface area (Å²) in [6, 6.07) is 17.3. The molecule has 0 saturated carbocycles. The molecule has 0 bridgehead atoms. The molecule has 1 aliphatic heterocycles. The molecule has 0 spiro atoms. The van der Waals surface area contributed by atoms with Crippen LogP contribution in [0.25, 0.3) is 0 Å². The number of likely N-dealkylation sites (tertiary alicyclic amines) is 1. The molecule has 1 fully saturated rings. The molecule has 6 heteroatoms. The van der Waals surface area contributed by atoms with Crippen molar-refractivity contribution < 1.29 is 14.3 Å². The maximum atomic E-state index is 12.9. The minimum absolute atomic E-state index is 0.0166. The smallest absolute Gasteiger partial charge is 0.258 e. The molecule has 1 aliphatic rings. The highest BCUT2D eigenvalue weighted by Gasteiger charge is 2.28. The van der Waals surface area contributed by atoms with Gasteiger partial charge in [-0.05, 0) is 43.4 Å². The average Bonchev–Trinajstić information content (AvgIpc) is 2.78. The van der Waals surface area contributed by atoms with Gasteiger partial charge in [-0.1, -0.05) is 61.9 Å². The second-order valence-corrected chi connectivity index (χ2v) is 8.94. The molecule has 172 valence electrons. The minimum atomic E-state index is -0.577. The van der Waals surface area contributed by atoms with Gasteiger partial charge < -0.3 is 15.4 Å². The third kappa shape index (κ3) is 7.38. The van der Waals surface area contributed by atoms with Gasteiger partial charge in [0.1, 0.15) is 11.8 Å². The summed E-state index contributed by atoms with van der Waals surface area (Å²) in [5, 5.41) is 5.99. The fraction of sp³-hybridized carbons (Fsp3) is 0.462. The van der Waals surface area contributed by atoms with Crippen molar-refractivity contribution >= 4 is 11.8 Å². The van der Waals surface area contributed by atoms with Crippen molar-refractivity contribution in [3.63, 3.8) is 0 Å². The first-order valence-electron chi connectivity index (χ1n) is 11.5. The topological polar surface area (TPSA) is 70.7 Å². The predicted octanol–water partition coefficient (Wildman–Crippen LogP) is 3.30. The number of ether oxygens (including phenoxy) is 1. The highest BCUT2D eigenvalue weighted by Crippen LogP contribution is 2.15. The molecule has 1 atom stereocenters. The third-order valence-corrected chi connectivity index (χ3v) is 5.80. The highest BCUT2D eigenvalue weighted by atomic mass is 16.5. The number of carbonyl (C=O) groups is 2. The largest absolute Gasteiger partial charge is 0.484 e. The molecule has 2 N–H and O–H groups in total. The zero-order valence-electron chi connectivity index (χ0n) is 19.3. The fourth-order valence-electron chi connectivity index (χ4n) is 4.01. The SMILES string of the molecule is Cc1cccc(CN2CCC(NC(=O)C(NC(=O)COc3ccccc3)C(C)C)CC2)c1. The van der Waals surface area contributed by atoms with Crippen molar-refractivity contribution in [1.82, 2.24) is 15.5 Å². The number of benzene rings is 2. The van der Waals surface area contributed by atoms with Gasteiger partial charge in [0.05, 0.1) is 0 Å². The van der Waals surface area contributed by atoms with Crippen LogP contribution in [-0.2, 0) is 16.1 Å². The molecule has 32 heavy (non-hydrogen) atoms. The van der Waals surface area contributed by atoms with Gasteiger partial charge in [0, 0.05) is 25.7 Å². The van der Waals surface area contributed by atoms with Gasteiger partial charge in [-0.25, -0.2) is 0 Å². The van der Waals surface area contributed by atoms with Crippen LogP contribution in [0.5, 0.6) is 5.75 Å². The summed E-state index contributed by atoms with van der Waals surface area (Å²) in [6.07, 6.45) is 1.82. The molecule has 1 unspecified atom stereocenters. The summed E-state index contributed by atoms with van der Waals surface area (Å²) in [4.78, 5) is 27.7. The van der Waals surface area contributed by atoms with Crippen LogP contribution in [0.15, 0.2) is 54.6 Å². The first-order valence-corrected chi connectivity index (χ1v) is 11.5. The van der Waals surface area contributed by atoms with E-state index in [1.54, 1.807) is 12.1 Å². The molecule has 2 aromatic carbocycles. The third-order valence-electron chi connectivity index (χ3n) is 5.80. The molecule has 2 amide bonds. The number of aryl methyl sites for hydroxylation is 1. The second-order valence-electron chi connectivity index (χ2n) is 8.94. The Bertz CT molecular complexity index is 877.